The molecule has 4 aliphatic rings. The van der Waals surface area contributed by atoms with Crippen molar-refractivity contribution < 1.29 is 36.6 Å². The average molecular weight is 1290 g/mol. The molecule has 29 heteroatoms. The fraction of sp³-hybridized carbons (Fsp3) is 0. The first kappa shape index (κ1) is 56.6. The van der Waals surface area contributed by atoms with Gasteiger partial charge < -0.3 is 85.6 Å². The molecule has 0 fully saturated rings. The van der Waals surface area contributed by atoms with E-state index in [1.807, 2.05) is 109 Å². The maximum Gasteiger partial charge on any atom is 2.00 e. The third kappa shape index (κ3) is 8.39. The van der Waals surface area contributed by atoms with E-state index in [0.29, 0.717) is 90.6 Å². The molecule has 20 N–H and O–H groups in total. The summed E-state index contributed by atoms with van der Waals surface area (Å²) in [4.78, 5) is 96.3. The minimum Gasteiger partial charge on any atom is -0.545 e. The van der Waals surface area contributed by atoms with Gasteiger partial charge in [-0.15, -0.1) is 0 Å². The normalized spacial score (nSPS) is 11.8. The van der Waals surface area contributed by atoms with Crippen molar-refractivity contribution in [2.45, 2.75) is 0 Å². The standard InChI is InChI=1S/2C33H22N12O2.Co/c2*34-17-11-5-10-16-18(17)30-43-29(16)41-27-13-7-2-1-6-12(13)25(39-27)38-26-14-8-3-4-9-15(14)28(40-26)42-31-19-20(32(44-30)45-31)22(35)24(37)23(36)21(19)33(46)47;/h2*1-11H,34-37H2,(H,46,47)(H2,38,39,40,41,42,43,44,45);/q;;+2/p-2. The van der Waals surface area contributed by atoms with Gasteiger partial charge in [-0.2, -0.15) is 0 Å². The molecule has 0 amide bonds. The van der Waals surface area contributed by atoms with Crippen LogP contribution in [-0.2, 0) is 16.8 Å². The largest absolute Gasteiger partial charge is 2.00 e. The van der Waals surface area contributed by atoms with Crippen molar-refractivity contribution in [2.75, 3.05) is 45.9 Å². The van der Waals surface area contributed by atoms with Crippen LogP contribution in [0, 0.1) is 0 Å². The molecule has 0 spiro atoms. The number of benzene rings is 8. The first-order valence-corrected chi connectivity index (χ1v) is 28.8. The summed E-state index contributed by atoms with van der Waals surface area (Å²) >= 11 is 0. The number of carboxylic acids is 2. The number of aromatic carboxylic acids is 2. The van der Waals surface area contributed by atoms with Crippen molar-refractivity contribution in [3.63, 3.8) is 0 Å². The van der Waals surface area contributed by atoms with Crippen LogP contribution in [0.3, 0.4) is 0 Å². The Balaban J connectivity index is 0.000000148. The predicted molar refractivity (Wildman–Crippen MR) is 356 cm³/mol. The Morgan fingerprint density at radius 3 is 0.853 bits per heavy atom. The zero-order valence-electron chi connectivity index (χ0n) is 48.7. The molecule has 459 valence electrons. The van der Waals surface area contributed by atoms with Gasteiger partial charge in [-0.05, 0) is 12.1 Å². The molecule has 16 bridgehead atoms. The number of nitrogens with zero attached hydrogens (tertiary/aromatic N) is 12. The summed E-state index contributed by atoms with van der Waals surface area (Å²) in [5, 5.41) is 28.9. The number of anilines is 8. The van der Waals surface area contributed by atoms with Crippen molar-refractivity contribution >= 4 is 146 Å². The van der Waals surface area contributed by atoms with Crippen molar-refractivity contribution in [1.82, 2.24) is 79.7 Å². The summed E-state index contributed by atoms with van der Waals surface area (Å²) in [6.45, 7) is 0. The van der Waals surface area contributed by atoms with E-state index in [1.54, 1.807) is 24.3 Å². The molecule has 1 radical (unpaired) electrons. The van der Waals surface area contributed by atoms with E-state index in [0.717, 1.165) is 32.7 Å². The second kappa shape index (κ2) is 20.7. The second-order valence-electron chi connectivity index (χ2n) is 22.2. The summed E-state index contributed by atoms with van der Waals surface area (Å²) in [7, 11) is 0. The third-order valence-electron chi connectivity index (χ3n) is 16.9. The van der Waals surface area contributed by atoms with Crippen LogP contribution >= 0.6 is 0 Å². The Morgan fingerprint density at radius 1 is 0.274 bits per heavy atom. The van der Waals surface area contributed by atoms with E-state index < -0.39 is 11.9 Å². The first-order valence-electron chi connectivity index (χ1n) is 28.8. The summed E-state index contributed by atoms with van der Waals surface area (Å²) < 4.78 is 0. The Bertz CT molecular complexity index is 5840. The van der Waals surface area contributed by atoms with Crippen molar-refractivity contribution in [3.8, 4) is 91.1 Å². The van der Waals surface area contributed by atoms with Gasteiger partial charge in [0.05, 0.1) is 68.0 Å². The van der Waals surface area contributed by atoms with Crippen LogP contribution in [0.1, 0.15) is 20.7 Å². The van der Waals surface area contributed by atoms with Crippen molar-refractivity contribution in [1.29, 1.82) is 0 Å². The number of H-pyrrole nitrogens is 4. The molecule has 0 aliphatic carbocycles. The molecule has 0 atom stereocenters. The molecule has 18 rings (SSSR count). The Labute approximate surface area is 540 Å². The number of carbonyl (C=O) groups excluding carboxylic acids is 2. The molecular formula is C66H42CoN24O4. The third-order valence-corrected chi connectivity index (χ3v) is 16.9. The maximum atomic E-state index is 12.6. The molecule has 28 nitrogen and oxygen atoms in total. The number of carbonyl (C=O) groups is 2. The number of aromatic amines is 4. The van der Waals surface area contributed by atoms with Gasteiger partial charge in [-0.1, -0.05) is 121 Å². The van der Waals surface area contributed by atoms with Crippen molar-refractivity contribution in [2.24, 2.45) is 0 Å². The molecule has 4 aliphatic heterocycles. The van der Waals surface area contributed by atoms with Gasteiger partial charge in [-0.25, -0.2) is 59.8 Å². The molecule has 95 heavy (non-hydrogen) atoms. The molecule has 14 aromatic rings. The Morgan fingerprint density at radius 2 is 0.526 bits per heavy atom. The van der Waals surface area contributed by atoms with E-state index in [9.17, 15) is 19.8 Å². The topological polar surface area (TPSA) is 506 Å². The number of nitrogens with one attached hydrogen (secondary N) is 4. The number of nitrogen functional groups attached to an aromatic ring is 8. The van der Waals surface area contributed by atoms with Crippen LogP contribution in [-0.4, -0.2) is 91.7 Å². The van der Waals surface area contributed by atoms with Crippen LogP contribution in [0.5, 0.6) is 0 Å². The monoisotopic (exact) mass is 1290 g/mol. The number of carboxylic acid groups (broad SMARTS) is 2. The number of rotatable bonds is 2. The van der Waals surface area contributed by atoms with Crippen LogP contribution in [0.2, 0.25) is 0 Å². The summed E-state index contributed by atoms with van der Waals surface area (Å²) in [6.07, 6.45) is 0. The van der Waals surface area contributed by atoms with E-state index in [2.05, 4.69) is 19.9 Å². The minimum atomic E-state index is -1.57. The quantitative estimate of drug-likeness (QED) is 0.0766. The number of nitrogens with two attached hydrogens (primary N) is 8. The van der Waals surface area contributed by atoms with Gasteiger partial charge in [0.2, 0.25) is 0 Å². The number of hydrogen-bond acceptors (Lipinski definition) is 24. The van der Waals surface area contributed by atoms with Gasteiger partial charge in [0, 0.05) is 88.2 Å². The van der Waals surface area contributed by atoms with E-state index in [4.69, 9.17) is 106 Å². The second-order valence-corrected chi connectivity index (χ2v) is 22.2. The van der Waals surface area contributed by atoms with Crippen LogP contribution in [0.15, 0.2) is 133 Å². The number of aromatic nitrogens is 16. The van der Waals surface area contributed by atoms with Crippen LogP contribution in [0.4, 0.5) is 45.5 Å². The van der Waals surface area contributed by atoms with E-state index in [-0.39, 0.29) is 129 Å². The number of fused-ring (bicyclic) bond motifs is 40. The predicted octanol–water partition coefficient (Wildman–Crippen LogP) is 7.12. The van der Waals surface area contributed by atoms with E-state index in [1.165, 1.54) is 0 Å². The van der Waals surface area contributed by atoms with Gasteiger partial charge in [-0.3, -0.25) is 0 Å². The molecule has 6 aromatic heterocycles. The zero-order chi connectivity index (χ0) is 64.3. The average Bonchev–Trinajstić information content (AvgIpc) is 1.61. The molecule has 0 saturated heterocycles. The molecule has 0 unspecified atom stereocenters. The molecular weight excluding hydrogens is 1250 g/mol. The minimum absolute atomic E-state index is 0. The Kier molecular flexibility index (Phi) is 12.3. The van der Waals surface area contributed by atoms with Crippen molar-refractivity contribution in [3.05, 3.63) is 145 Å². The van der Waals surface area contributed by atoms with Gasteiger partial charge in [0.25, 0.3) is 0 Å². The fourth-order valence-corrected chi connectivity index (χ4v) is 12.6. The zero-order valence-corrected chi connectivity index (χ0v) is 49.7. The van der Waals surface area contributed by atoms with Crippen LogP contribution < -0.4 is 56.1 Å². The SMILES string of the molecule is Nc1cccc2c1-c1nc-2nc2[nH]c(nc3nc(nc4[nH]c(n1)c1c(N)c(N)c(N)c(C(=O)[O-])c41)-c1ccccc1-3)c1ccccc21.Nc1cccc2c1-c1nc-2nc2[nH]c(nc3nc(nc4[nH]c(n1)c1c(N)c(N)c(N)c(C(=O)[O-])c41)-c1ccccc1-3)c1ccccc21.[Co+2]. The van der Waals surface area contributed by atoms with Gasteiger partial charge >= 0.3 is 16.8 Å². The summed E-state index contributed by atoms with van der Waals surface area (Å²) in [5.41, 5.74) is 57.8. The molecule has 10 heterocycles. The van der Waals surface area contributed by atoms with E-state index >= 15 is 0 Å². The smallest absolute Gasteiger partial charge is 0.545 e. The molecule has 8 aromatic carbocycles. The molecule has 0 saturated carbocycles. The summed E-state index contributed by atoms with van der Waals surface area (Å²) in [5.74, 6) is -0.701. The summed E-state index contributed by atoms with van der Waals surface area (Å²) in [6, 6.07) is 41.1. The fourth-order valence-electron chi connectivity index (χ4n) is 12.6. The Hall–Kier alpha value is -13.7. The first-order chi connectivity index (χ1) is 45.6. The van der Waals surface area contributed by atoms with Gasteiger partial charge in [0.15, 0.2) is 46.6 Å². The van der Waals surface area contributed by atoms with Crippen LogP contribution in [0.25, 0.3) is 179 Å². The maximum absolute atomic E-state index is 12.6. The van der Waals surface area contributed by atoms with Gasteiger partial charge in [0.1, 0.15) is 45.2 Å². The number of hydrogen-bond donors (Lipinski definition) is 12.